The van der Waals surface area contributed by atoms with Crippen molar-refractivity contribution in [2.24, 2.45) is 5.92 Å². The molecule has 1 saturated heterocycles. The molecule has 1 fully saturated rings. The van der Waals surface area contributed by atoms with Crippen LogP contribution in [-0.2, 0) is 0 Å². The van der Waals surface area contributed by atoms with Gasteiger partial charge in [0.05, 0.1) is 25.3 Å². The highest BCUT2D eigenvalue weighted by Crippen LogP contribution is 2.25. The lowest BCUT2D eigenvalue weighted by atomic mass is 9.94. The van der Waals surface area contributed by atoms with Gasteiger partial charge in [-0.25, -0.2) is 5.43 Å². The van der Waals surface area contributed by atoms with Gasteiger partial charge in [-0.2, -0.15) is 0 Å². The van der Waals surface area contributed by atoms with Crippen LogP contribution in [0, 0.1) is 5.92 Å². The Morgan fingerprint density at radius 1 is 1.26 bits per heavy atom. The Morgan fingerprint density at radius 3 is 2.58 bits per heavy atom. The Kier molecular flexibility index (Phi) is 5.30. The zero-order chi connectivity index (χ0) is 13.7. The molecule has 1 heterocycles. The number of likely N-dealkylation sites (N-methyl/N-ethyl adjacent to an activating group) is 1. The third kappa shape index (κ3) is 3.52. The molecule has 1 aliphatic heterocycles. The normalized spacial score (nSPS) is 23.4. The van der Waals surface area contributed by atoms with Crippen molar-refractivity contribution in [3.63, 3.8) is 0 Å². The second-order valence-electron chi connectivity index (χ2n) is 5.13. The molecule has 5 heteroatoms. The number of hydrogen-bond donors (Lipinski definition) is 4. The predicted octanol–water partition coefficient (Wildman–Crippen LogP) is -0.263. The maximum absolute atomic E-state index is 9.22. The van der Waals surface area contributed by atoms with Gasteiger partial charge in [-0.1, -0.05) is 30.3 Å². The molecular weight excluding hydrogens is 242 g/mol. The van der Waals surface area contributed by atoms with E-state index >= 15 is 0 Å². The van der Waals surface area contributed by atoms with Crippen molar-refractivity contribution in [2.45, 2.75) is 12.1 Å². The van der Waals surface area contributed by atoms with Gasteiger partial charge in [0.2, 0.25) is 0 Å². The van der Waals surface area contributed by atoms with Gasteiger partial charge < -0.3 is 10.2 Å². The van der Waals surface area contributed by atoms with Crippen LogP contribution in [0.15, 0.2) is 30.3 Å². The highest BCUT2D eigenvalue weighted by atomic mass is 16.3. The van der Waals surface area contributed by atoms with Crippen molar-refractivity contribution in [1.82, 2.24) is 15.8 Å². The number of rotatable bonds is 6. The van der Waals surface area contributed by atoms with Gasteiger partial charge in [-0.15, -0.1) is 0 Å². The molecular formula is C14H23N3O2. The van der Waals surface area contributed by atoms with Gasteiger partial charge in [0, 0.05) is 19.0 Å². The van der Waals surface area contributed by atoms with E-state index in [1.54, 1.807) is 0 Å². The van der Waals surface area contributed by atoms with E-state index in [9.17, 15) is 10.2 Å². The first-order chi connectivity index (χ1) is 9.26. The summed E-state index contributed by atoms with van der Waals surface area (Å²) in [6, 6.07) is 10.4. The van der Waals surface area contributed by atoms with Crippen LogP contribution < -0.4 is 10.9 Å². The average molecular weight is 265 g/mol. The Hall–Kier alpha value is -0.980. The van der Waals surface area contributed by atoms with E-state index in [2.05, 4.69) is 23.0 Å². The fourth-order valence-corrected chi connectivity index (χ4v) is 2.58. The molecule has 2 atom stereocenters. The van der Waals surface area contributed by atoms with Crippen LogP contribution in [0.5, 0.6) is 0 Å². The van der Waals surface area contributed by atoms with Gasteiger partial charge in [0.25, 0.3) is 0 Å². The Bertz CT molecular complexity index is 370. The lowest BCUT2D eigenvalue weighted by Crippen LogP contribution is -2.41. The van der Waals surface area contributed by atoms with Gasteiger partial charge in [-0.3, -0.25) is 10.3 Å². The number of hydrazine groups is 1. The molecule has 0 saturated carbocycles. The number of aliphatic hydroxyl groups excluding tert-OH is 2. The third-order valence-corrected chi connectivity index (χ3v) is 3.82. The van der Waals surface area contributed by atoms with E-state index < -0.39 is 0 Å². The summed E-state index contributed by atoms with van der Waals surface area (Å²) in [5, 5.41) is 18.4. The average Bonchev–Trinajstić information content (AvgIpc) is 2.89. The number of aliphatic hydroxyl groups is 2. The molecule has 1 aliphatic rings. The predicted molar refractivity (Wildman–Crippen MR) is 74.4 cm³/mol. The van der Waals surface area contributed by atoms with Crippen molar-refractivity contribution in [3.8, 4) is 0 Å². The second-order valence-corrected chi connectivity index (χ2v) is 5.13. The summed E-state index contributed by atoms with van der Waals surface area (Å²) in [6.07, 6.45) is 0. The molecule has 106 valence electrons. The smallest absolute Gasteiger partial charge is 0.0609 e. The van der Waals surface area contributed by atoms with Gasteiger partial charge in [0.1, 0.15) is 0 Å². The quantitative estimate of drug-likeness (QED) is 0.570. The SMILES string of the molecule is CN(CC1CNNC1c1ccccc1)C(CO)CO. The van der Waals surface area contributed by atoms with Crippen molar-refractivity contribution < 1.29 is 10.2 Å². The lowest BCUT2D eigenvalue weighted by molar-refractivity contribution is 0.0808. The molecule has 0 radical (unpaired) electrons. The van der Waals surface area contributed by atoms with Crippen LogP contribution in [0.2, 0.25) is 0 Å². The molecule has 1 aromatic carbocycles. The minimum Gasteiger partial charge on any atom is -0.395 e. The first-order valence-electron chi connectivity index (χ1n) is 6.71. The molecule has 19 heavy (non-hydrogen) atoms. The standard InChI is InChI=1S/C14H23N3O2/c1-17(13(9-18)10-19)8-12-7-15-16-14(12)11-5-3-2-4-6-11/h2-6,12-16,18-19H,7-10H2,1H3. The maximum atomic E-state index is 9.22. The van der Waals surface area contributed by atoms with E-state index in [0.29, 0.717) is 5.92 Å². The molecule has 0 bridgehead atoms. The summed E-state index contributed by atoms with van der Waals surface area (Å²) in [5.74, 6) is 0.410. The van der Waals surface area contributed by atoms with Crippen molar-refractivity contribution in [3.05, 3.63) is 35.9 Å². The van der Waals surface area contributed by atoms with Crippen molar-refractivity contribution in [2.75, 3.05) is 33.4 Å². The molecule has 0 aliphatic carbocycles. The molecule has 2 unspecified atom stereocenters. The second kappa shape index (κ2) is 6.98. The Labute approximate surface area is 114 Å². The number of hydrogen-bond acceptors (Lipinski definition) is 5. The van der Waals surface area contributed by atoms with E-state index in [1.807, 2.05) is 30.1 Å². The summed E-state index contributed by atoms with van der Waals surface area (Å²) in [7, 11) is 1.94. The summed E-state index contributed by atoms with van der Waals surface area (Å²) < 4.78 is 0. The lowest BCUT2D eigenvalue weighted by Gasteiger charge is -2.29. The van der Waals surface area contributed by atoms with Crippen LogP contribution in [-0.4, -0.2) is 54.5 Å². The molecule has 5 nitrogen and oxygen atoms in total. The highest BCUT2D eigenvalue weighted by Gasteiger charge is 2.30. The summed E-state index contributed by atoms with van der Waals surface area (Å²) in [4.78, 5) is 2.02. The third-order valence-electron chi connectivity index (χ3n) is 3.82. The van der Waals surface area contributed by atoms with Crippen LogP contribution in [0.4, 0.5) is 0 Å². The largest absolute Gasteiger partial charge is 0.395 e. The van der Waals surface area contributed by atoms with E-state index in [0.717, 1.165) is 13.1 Å². The molecule has 4 N–H and O–H groups in total. The van der Waals surface area contributed by atoms with Gasteiger partial charge in [0.15, 0.2) is 0 Å². The van der Waals surface area contributed by atoms with E-state index in [-0.39, 0.29) is 25.3 Å². The molecule has 2 rings (SSSR count). The topological polar surface area (TPSA) is 67.8 Å². The monoisotopic (exact) mass is 265 g/mol. The van der Waals surface area contributed by atoms with E-state index in [1.165, 1.54) is 5.56 Å². The number of nitrogens with one attached hydrogen (secondary N) is 2. The Morgan fingerprint density at radius 2 is 1.95 bits per heavy atom. The molecule has 0 spiro atoms. The minimum atomic E-state index is -0.183. The van der Waals surface area contributed by atoms with E-state index in [4.69, 9.17) is 0 Å². The minimum absolute atomic E-state index is 0.0173. The number of nitrogens with zero attached hydrogens (tertiary/aromatic N) is 1. The summed E-state index contributed by atoms with van der Waals surface area (Å²) in [5.41, 5.74) is 7.76. The van der Waals surface area contributed by atoms with Crippen molar-refractivity contribution >= 4 is 0 Å². The fourth-order valence-electron chi connectivity index (χ4n) is 2.58. The van der Waals surface area contributed by atoms with Crippen molar-refractivity contribution in [1.29, 1.82) is 0 Å². The summed E-state index contributed by atoms with van der Waals surface area (Å²) in [6.45, 7) is 1.67. The first kappa shape index (κ1) is 14.4. The van der Waals surface area contributed by atoms with Crippen LogP contribution in [0.25, 0.3) is 0 Å². The maximum Gasteiger partial charge on any atom is 0.0609 e. The first-order valence-corrected chi connectivity index (χ1v) is 6.71. The van der Waals surface area contributed by atoms with Crippen LogP contribution >= 0.6 is 0 Å². The molecule has 0 aromatic heterocycles. The number of benzene rings is 1. The Balaban J connectivity index is 1.99. The van der Waals surface area contributed by atoms with Crippen LogP contribution in [0.1, 0.15) is 11.6 Å². The van der Waals surface area contributed by atoms with Gasteiger partial charge >= 0.3 is 0 Å². The fraction of sp³-hybridized carbons (Fsp3) is 0.571. The molecule has 0 amide bonds. The summed E-state index contributed by atoms with van der Waals surface area (Å²) >= 11 is 0. The zero-order valence-electron chi connectivity index (χ0n) is 11.3. The zero-order valence-corrected chi connectivity index (χ0v) is 11.3. The van der Waals surface area contributed by atoms with Crippen LogP contribution in [0.3, 0.4) is 0 Å². The van der Waals surface area contributed by atoms with Gasteiger partial charge in [-0.05, 0) is 12.6 Å². The highest BCUT2D eigenvalue weighted by molar-refractivity contribution is 5.20. The molecule has 1 aromatic rings.